The summed E-state index contributed by atoms with van der Waals surface area (Å²) >= 11 is 0. The molecular weight excluding hydrogens is 411 g/mol. The van der Waals surface area contributed by atoms with E-state index in [-0.39, 0.29) is 23.0 Å². The van der Waals surface area contributed by atoms with E-state index >= 15 is 4.39 Å². The van der Waals surface area contributed by atoms with Gasteiger partial charge in [-0.2, -0.15) is 0 Å². The molecule has 2 nitrogen and oxygen atoms in total. The zero-order valence-electron chi connectivity index (χ0n) is 19.5. The first-order chi connectivity index (χ1) is 16.0. The molecular formula is C30H33FO2. The molecule has 2 saturated carbocycles. The zero-order chi connectivity index (χ0) is 22.9. The molecule has 3 aromatic rings. The van der Waals surface area contributed by atoms with Crippen LogP contribution >= 0.6 is 0 Å². The van der Waals surface area contributed by atoms with E-state index in [0.717, 1.165) is 51.4 Å². The molecule has 0 atom stereocenters. The predicted molar refractivity (Wildman–Crippen MR) is 132 cm³/mol. The van der Waals surface area contributed by atoms with Gasteiger partial charge in [0, 0.05) is 5.92 Å². The third-order valence-electron chi connectivity index (χ3n) is 8.14. The first-order valence-corrected chi connectivity index (χ1v) is 12.5. The van der Waals surface area contributed by atoms with Crippen LogP contribution in [0.25, 0.3) is 10.8 Å². The highest BCUT2D eigenvalue weighted by Gasteiger charge is 2.28. The Kier molecular flexibility index (Phi) is 6.23. The molecule has 0 aliphatic heterocycles. The van der Waals surface area contributed by atoms with Crippen molar-refractivity contribution in [3.8, 4) is 0 Å². The lowest BCUT2D eigenvalue weighted by Crippen LogP contribution is -2.16. The summed E-state index contributed by atoms with van der Waals surface area (Å²) in [4.78, 5) is 12.9. The minimum atomic E-state index is -0.527. The third-order valence-corrected chi connectivity index (χ3v) is 8.14. The predicted octanol–water partition coefficient (Wildman–Crippen LogP) is 8.14. The van der Waals surface area contributed by atoms with E-state index in [0.29, 0.717) is 28.5 Å². The van der Waals surface area contributed by atoms with Gasteiger partial charge in [-0.05, 0) is 98.6 Å². The van der Waals surface area contributed by atoms with Gasteiger partial charge >= 0.3 is 5.63 Å². The van der Waals surface area contributed by atoms with Gasteiger partial charge in [-0.15, -0.1) is 6.58 Å². The van der Waals surface area contributed by atoms with Gasteiger partial charge in [0.2, 0.25) is 0 Å². The quantitative estimate of drug-likeness (QED) is 0.380. The van der Waals surface area contributed by atoms with E-state index in [1.807, 2.05) is 24.3 Å². The Hall–Kier alpha value is -2.68. The van der Waals surface area contributed by atoms with E-state index in [4.69, 9.17) is 4.42 Å². The number of halogens is 1. The lowest BCUT2D eigenvalue weighted by Gasteiger charge is -2.29. The second kappa shape index (κ2) is 9.29. The second-order valence-corrected chi connectivity index (χ2v) is 10.2. The molecule has 0 radical (unpaired) electrons. The summed E-state index contributed by atoms with van der Waals surface area (Å²) in [6, 6.07) is 14.5. The Morgan fingerprint density at radius 3 is 2.18 bits per heavy atom. The molecule has 1 aromatic heterocycles. The van der Waals surface area contributed by atoms with E-state index < -0.39 is 5.63 Å². The number of benzene rings is 2. The van der Waals surface area contributed by atoms with Crippen LogP contribution in [-0.4, -0.2) is 0 Å². The molecule has 5 rings (SSSR count). The minimum Gasteiger partial charge on any atom is -0.427 e. The summed E-state index contributed by atoms with van der Waals surface area (Å²) in [5.74, 6) is 1.81. The highest BCUT2D eigenvalue weighted by molar-refractivity contribution is 5.83. The van der Waals surface area contributed by atoms with Crippen molar-refractivity contribution in [1.82, 2.24) is 0 Å². The topological polar surface area (TPSA) is 30.2 Å². The van der Waals surface area contributed by atoms with E-state index in [2.05, 4.69) is 37.8 Å². The normalized spacial score (nSPS) is 25.8. The van der Waals surface area contributed by atoms with Gasteiger partial charge in [0.25, 0.3) is 0 Å². The molecule has 2 aliphatic carbocycles. The van der Waals surface area contributed by atoms with Crippen molar-refractivity contribution in [1.29, 1.82) is 0 Å². The summed E-state index contributed by atoms with van der Waals surface area (Å²) in [6.07, 6.45) is 10.1. The van der Waals surface area contributed by atoms with Crippen molar-refractivity contribution in [3.63, 3.8) is 0 Å². The van der Waals surface area contributed by atoms with Crippen molar-refractivity contribution in [2.24, 2.45) is 5.92 Å². The van der Waals surface area contributed by atoms with Crippen molar-refractivity contribution in [2.75, 3.05) is 0 Å². The number of rotatable bonds is 4. The van der Waals surface area contributed by atoms with E-state index in [1.165, 1.54) is 11.1 Å². The van der Waals surface area contributed by atoms with Crippen molar-refractivity contribution in [2.45, 2.75) is 76.0 Å². The van der Waals surface area contributed by atoms with Gasteiger partial charge in [-0.1, -0.05) is 48.0 Å². The van der Waals surface area contributed by atoms with Gasteiger partial charge in [0.05, 0.1) is 0 Å². The standard InChI is InChI=1S/C30H33FO2/c1-3-20-6-10-24(11-7-20)27-18-25-16-17-26(29(31)28(25)30(32)33-27)23-14-12-22(13-15-23)21-8-4-19(2)5-9-21/h3-5,8-9,16-18,20,22-24H,1,6-7,10-15H2,2H3. The number of hydrogen-bond acceptors (Lipinski definition) is 2. The van der Waals surface area contributed by atoms with Crippen LogP contribution in [0.2, 0.25) is 0 Å². The molecule has 2 fully saturated rings. The van der Waals surface area contributed by atoms with Gasteiger partial charge in [-0.3, -0.25) is 0 Å². The minimum absolute atomic E-state index is 0.122. The van der Waals surface area contributed by atoms with Crippen LogP contribution in [0.1, 0.15) is 91.6 Å². The number of allylic oxidation sites excluding steroid dienone is 1. The molecule has 3 heteroatoms. The van der Waals surface area contributed by atoms with Gasteiger partial charge in [-0.25, -0.2) is 9.18 Å². The highest BCUT2D eigenvalue weighted by Crippen LogP contribution is 2.42. The fourth-order valence-electron chi connectivity index (χ4n) is 6.01. The zero-order valence-corrected chi connectivity index (χ0v) is 19.5. The van der Waals surface area contributed by atoms with Crippen LogP contribution in [-0.2, 0) is 0 Å². The van der Waals surface area contributed by atoms with Crippen LogP contribution in [0.5, 0.6) is 0 Å². The summed E-state index contributed by atoms with van der Waals surface area (Å²) in [6.45, 7) is 6.01. The monoisotopic (exact) mass is 444 g/mol. The van der Waals surface area contributed by atoms with Gasteiger partial charge in [0.1, 0.15) is 17.0 Å². The third kappa shape index (κ3) is 4.43. The average molecular weight is 445 g/mol. The van der Waals surface area contributed by atoms with Gasteiger partial charge < -0.3 is 4.42 Å². The maximum absolute atomic E-state index is 15.6. The first kappa shape index (κ1) is 22.1. The van der Waals surface area contributed by atoms with Crippen molar-refractivity contribution in [3.05, 3.63) is 93.8 Å². The molecule has 172 valence electrons. The molecule has 2 aromatic carbocycles. The van der Waals surface area contributed by atoms with E-state index in [9.17, 15) is 4.79 Å². The number of aryl methyl sites for hydroxylation is 1. The van der Waals surface area contributed by atoms with Crippen LogP contribution in [0.4, 0.5) is 4.39 Å². The summed E-state index contributed by atoms with van der Waals surface area (Å²) in [7, 11) is 0. The van der Waals surface area contributed by atoms with Crippen LogP contribution in [0.3, 0.4) is 0 Å². The highest BCUT2D eigenvalue weighted by atomic mass is 19.1. The lowest BCUT2D eigenvalue weighted by atomic mass is 9.75. The van der Waals surface area contributed by atoms with Crippen molar-refractivity contribution < 1.29 is 8.81 Å². The molecule has 2 aliphatic rings. The molecule has 0 unspecified atom stereocenters. The molecule has 0 amide bonds. The van der Waals surface area contributed by atoms with E-state index in [1.54, 1.807) is 0 Å². The summed E-state index contributed by atoms with van der Waals surface area (Å²) < 4.78 is 21.3. The molecule has 1 heterocycles. The lowest BCUT2D eigenvalue weighted by molar-refractivity contribution is 0.323. The molecule has 33 heavy (non-hydrogen) atoms. The Bertz CT molecular complexity index is 1190. The maximum Gasteiger partial charge on any atom is 0.346 e. The van der Waals surface area contributed by atoms with Crippen LogP contribution < -0.4 is 5.63 Å². The Labute approximate surface area is 195 Å². The van der Waals surface area contributed by atoms with Gasteiger partial charge in [0.15, 0.2) is 0 Å². The SMILES string of the molecule is C=CC1CCC(c2cc3ccc(C4CCC(c5ccc(C)cc5)CC4)c(F)c3c(=O)o2)CC1. The largest absolute Gasteiger partial charge is 0.427 e. The fraction of sp³-hybridized carbons (Fsp3) is 0.433. The fourth-order valence-corrected chi connectivity index (χ4v) is 6.01. The Balaban J connectivity index is 1.35. The average Bonchev–Trinajstić information content (AvgIpc) is 2.85. The second-order valence-electron chi connectivity index (χ2n) is 10.2. The maximum atomic E-state index is 15.6. The van der Waals surface area contributed by atoms with Crippen LogP contribution in [0, 0.1) is 18.7 Å². The molecule has 0 bridgehead atoms. The first-order valence-electron chi connectivity index (χ1n) is 12.5. The van der Waals surface area contributed by atoms with Crippen molar-refractivity contribution >= 4 is 10.8 Å². The molecule has 0 spiro atoms. The molecule has 0 saturated heterocycles. The number of hydrogen-bond donors (Lipinski definition) is 0. The number of fused-ring (bicyclic) bond motifs is 1. The summed E-state index contributed by atoms with van der Waals surface area (Å²) in [5.41, 5.74) is 2.81. The summed E-state index contributed by atoms with van der Waals surface area (Å²) in [5, 5.41) is 0.790. The van der Waals surface area contributed by atoms with Crippen LogP contribution in [0.15, 0.2) is 64.3 Å². The Morgan fingerprint density at radius 2 is 1.52 bits per heavy atom. The smallest absolute Gasteiger partial charge is 0.346 e. The Morgan fingerprint density at radius 1 is 0.879 bits per heavy atom. The molecule has 0 N–H and O–H groups in total.